The predicted molar refractivity (Wildman–Crippen MR) is 125 cm³/mol. The van der Waals surface area contributed by atoms with Crippen LogP contribution in [-0.4, -0.2) is 87.0 Å². The van der Waals surface area contributed by atoms with Gasteiger partial charge < -0.3 is 15.4 Å². The summed E-state index contributed by atoms with van der Waals surface area (Å²) in [4.78, 5) is 26.5. The van der Waals surface area contributed by atoms with Gasteiger partial charge in [0.15, 0.2) is 0 Å². The molecule has 0 bridgehead atoms. The number of hydrogen-bond acceptors (Lipinski definition) is 6. The van der Waals surface area contributed by atoms with Gasteiger partial charge in [0.25, 0.3) is 5.91 Å². The number of sulfonamides is 1. The first-order chi connectivity index (χ1) is 15.7. The minimum atomic E-state index is -3.74. The van der Waals surface area contributed by atoms with Crippen molar-refractivity contribution in [2.75, 3.05) is 39.4 Å². The van der Waals surface area contributed by atoms with E-state index >= 15 is 0 Å². The van der Waals surface area contributed by atoms with Crippen LogP contribution in [0.2, 0.25) is 0 Å². The molecule has 2 unspecified atom stereocenters. The summed E-state index contributed by atoms with van der Waals surface area (Å²) < 4.78 is 33.5. The van der Waals surface area contributed by atoms with E-state index in [0.717, 1.165) is 19.6 Å². The van der Waals surface area contributed by atoms with Gasteiger partial charge in [-0.1, -0.05) is 6.58 Å². The predicted octanol–water partition coefficient (Wildman–Crippen LogP) is 0.981. The monoisotopic (exact) mass is 478 g/mol. The van der Waals surface area contributed by atoms with E-state index < -0.39 is 10.0 Å². The molecule has 2 saturated heterocycles. The lowest BCUT2D eigenvalue weighted by molar-refractivity contribution is -0.117. The normalized spacial score (nSPS) is 24.7. The molecule has 10 heteroatoms. The number of hydrogen-bond donors (Lipinski definition) is 2. The molecule has 0 aliphatic carbocycles. The van der Waals surface area contributed by atoms with E-state index in [-0.39, 0.29) is 34.8 Å². The van der Waals surface area contributed by atoms with Gasteiger partial charge in [0.2, 0.25) is 15.9 Å². The molecule has 0 saturated carbocycles. The zero-order chi connectivity index (χ0) is 24.0. The second-order valence-electron chi connectivity index (χ2n) is 8.65. The molecule has 2 aliphatic heterocycles. The summed E-state index contributed by atoms with van der Waals surface area (Å²) in [5.41, 5.74) is 0.419. The number of carbonyl (C=O) groups is 2. The molecule has 1 aromatic carbocycles. The fraction of sp³-hybridized carbons (Fsp3) is 0.565. The van der Waals surface area contributed by atoms with Crippen molar-refractivity contribution in [3.63, 3.8) is 0 Å². The summed E-state index contributed by atoms with van der Waals surface area (Å²) in [6.07, 6.45) is 2.26. The molecule has 9 nitrogen and oxygen atoms in total. The minimum Gasteiger partial charge on any atom is -0.379 e. The smallest absolute Gasteiger partial charge is 0.251 e. The fourth-order valence-corrected chi connectivity index (χ4v) is 6.41. The van der Waals surface area contributed by atoms with Gasteiger partial charge in [0, 0.05) is 49.9 Å². The summed E-state index contributed by atoms with van der Waals surface area (Å²) >= 11 is 0. The van der Waals surface area contributed by atoms with E-state index in [1.165, 1.54) is 22.5 Å². The summed E-state index contributed by atoms with van der Waals surface area (Å²) in [7, 11) is -3.74. The maximum Gasteiger partial charge on any atom is 0.251 e. The van der Waals surface area contributed by atoms with Crippen LogP contribution in [0.5, 0.6) is 0 Å². The highest BCUT2D eigenvalue weighted by Crippen LogP contribution is 2.30. The number of benzene rings is 1. The number of morpholine rings is 1. The van der Waals surface area contributed by atoms with Gasteiger partial charge in [-0.25, -0.2) is 8.42 Å². The molecule has 0 aromatic heterocycles. The molecule has 2 atom stereocenters. The van der Waals surface area contributed by atoms with Crippen molar-refractivity contribution >= 4 is 21.8 Å². The summed E-state index contributed by atoms with van der Waals surface area (Å²) in [5, 5.41) is 5.75. The van der Waals surface area contributed by atoms with Crippen LogP contribution in [0.4, 0.5) is 0 Å². The lowest BCUT2D eigenvalue weighted by Crippen LogP contribution is -2.54. The summed E-state index contributed by atoms with van der Waals surface area (Å²) in [6.45, 7) is 11.6. The molecule has 33 heavy (non-hydrogen) atoms. The highest BCUT2D eigenvalue weighted by molar-refractivity contribution is 7.89. The standard InChI is InChI=1S/C23H34N4O5S/c1-4-22(28)25-20-15-17(2)27(18(3)16-20)33(30,31)21-7-5-19(6-8-21)23(29)24-9-10-26-11-13-32-14-12-26/h4-8,17-18,20H,1,9-16H2,2-3H3,(H,24,29)(H,25,28). The van der Waals surface area contributed by atoms with Crippen molar-refractivity contribution in [3.8, 4) is 0 Å². The Morgan fingerprint density at radius 1 is 1.12 bits per heavy atom. The average molecular weight is 479 g/mol. The topological polar surface area (TPSA) is 108 Å². The fourth-order valence-electron chi connectivity index (χ4n) is 4.57. The molecular formula is C23H34N4O5S. The van der Waals surface area contributed by atoms with Gasteiger partial charge in [-0.05, 0) is 57.0 Å². The van der Waals surface area contributed by atoms with Crippen LogP contribution in [0.3, 0.4) is 0 Å². The first kappa shape index (κ1) is 25.4. The second-order valence-corrected chi connectivity index (χ2v) is 10.5. The van der Waals surface area contributed by atoms with E-state index in [2.05, 4.69) is 22.1 Å². The summed E-state index contributed by atoms with van der Waals surface area (Å²) in [5.74, 6) is -0.484. The molecular weight excluding hydrogens is 444 g/mol. The number of nitrogens with zero attached hydrogens (tertiary/aromatic N) is 2. The van der Waals surface area contributed by atoms with Gasteiger partial charge in [-0.2, -0.15) is 4.31 Å². The maximum atomic E-state index is 13.3. The van der Waals surface area contributed by atoms with Crippen LogP contribution in [0.25, 0.3) is 0 Å². The lowest BCUT2D eigenvalue weighted by Gasteiger charge is -2.41. The van der Waals surface area contributed by atoms with Crippen molar-refractivity contribution in [3.05, 3.63) is 42.5 Å². The van der Waals surface area contributed by atoms with E-state index in [0.29, 0.717) is 38.2 Å². The van der Waals surface area contributed by atoms with Gasteiger partial charge in [0.1, 0.15) is 0 Å². The van der Waals surface area contributed by atoms with Crippen molar-refractivity contribution < 1.29 is 22.7 Å². The summed E-state index contributed by atoms with van der Waals surface area (Å²) in [6, 6.07) is 5.39. The van der Waals surface area contributed by atoms with Crippen LogP contribution < -0.4 is 10.6 Å². The first-order valence-electron chi connectivity index (χ1n) is 11.4. The molecule has 1 aromatic rings. The number of nitrogens with one attached hydrogen (secondary N) is 2. The molecule has 2 aliphatic rings. The third-order valence-electron chi connectivity index (χ3n) is 6.16. The third kappa shape index (κ3) is 6.41. The lowest BCUT2D eigenvalue weighted by atomic mass is 9.95. The Balaban J connectivity index is 1.60. The number of piperidine rings is 1. The molecule has 0 spiro atoms. The Morgan fingerprint density at radius 2 is 1.73 bits per heavy atom. The number of carbonyl (C=O) groups excluding carboxylic acids is 2. The number of ether oxygens (including phenoxy) is 1. The Hall–Kier alpha value is -2.27. The van der Waals surface area contributed by atoms with E-state index in [1.807, 2.05) is 13.8 Å². The maximum absolute atomic E-state index is 13.3. The molecule has 2 amide bonds. The van der Waals surface area contributed by atoms with Crippen LogP contribution in [0.1, 0.15) is 37.0 Å². The van der Waals surface area contributed by atoms with Crippen LogP contribution in [0, 0.1) is 0 Å². The van der Waals surface area contributed by atoms with Crippen LogP contribution in [0.15, 0.2) is 41.8 Å². The number of amides is 2. The molecule has 2 fully saturated rings. The van der Waals surface area contributed by atoms with Gasteiger partial charge in [-0.15, -0.1) is 0 Å². The molecule has 0 radical (unpaired) electrons. The van der Waals surface area contributed by atoms with Crippen molar-refractivity contribution in [2.24, 2.45) is 0 Å². The molecule has 182 valence electrons. The minimum absolute atomic E-state index is 0.101. The highest BCUT2D eigenvalue weighted by atomic mass is 32.2. The van der Waals surface area contributed by atoms with E-state index in [4.69, 9.17) is 4.74 Å². The van der Waals surface area contributed by atoms with Gasteiger partial charge >= 0.3 is 0 Å². The molecule has 2 heterocycles. The van der Waals surface area contributed by atoms with Crippen LogP contribution in [-0.2, 0) is 19.6 Å². The Labute approximate surface area is 196 Å². The Morgan fingerprint density at radius 3 is 2.30 bits per heavy atom. The average Bonchev–Trinajstić information content (AvgIpc) is 2.79. The Kier molecular flexibility index (Phi) is 8.63. The van der Waals surface area contributed by atoms with Crippen molar-refractivity contribution in [2.45, 2.75) is 49.7 Å². The molecule has 2 N–H and O–H groups in total. The van der Waals surface area contributed by atoms with Crippen molar-refractivity contribution in [1.82, 2.24) is 19.8 Å². The van der Waals surface area contributed by atoms with Crippen LogP contribution >= 0.6 is 0 Å². The largest absolute Gasteiger partial charge is 0.379 e. The first-order valence-corrected chi connectivity index (χ1v) is 12.8. The van der Waals surface area contributed by atoms with Gasteiger partial charge in [0.05, 0.1) is 18.1 Å². The second kappa shape index (κ2) is 11.2. The zero-order valence-electron chi connectivity index (χ0n) is 19.3. The molecule has 3 rings (SSSR count). The quantitative estimate of drug-likeness (QED) is 0.540. The van der Waals surface area contributed by atoms with E-state index in [1.54, 1.807) is 12.1 Å². The third-order valence-corrected chi connectivity index (χ3v) is 8.30. The number of rotatable bonds is 8. The SMILES string of the molecule is C=CC(=O)NC1CC(C)N(S(=O)(=O)c2ccc(C(=O)NCCN3CCOCC3)cc2)C(C)C1. The highest BCUT2D eigenvalue weighted by Gasteiger charge is 2.39. The van der Waals surface area contributed by atoms with E-state index in [9.17, 15) is 18.0 Å². The van der Waals surface area contributed by atoms with Gasteiger partial charge in [-0.3, -0.25) is 14.5 Å². The zero-order valence-corrected chi connectivity index (χ0v) is 20.1. The van der Waals surface area contributed by atoms with Crippen molar-refractivity contribution in [1.29, 1.82) is 0 Å². The Bertz CT molecular complexity index is 932.